The van der Waals surface area contributed by atoms with Crippen LogP contribution in [0.2, 0.25) is 0 Å². The van der Waals surface area contributed by atoms with Gasteiger partial charge in [-0.15, -0.1) is 4.83 Å². The highest BCUT2D eigenvalue weighted by atomic mass is 32.2. The summed E-state index contributed by atoms with van der Waals surface area (Å²) in [7, 11) is -4.46. The lowest BCUT2D eigenvalue weighted by atomic mass is 10.2. The van der Waals surface area contributed by atoms with Crippen LogP contribution in [0.15, 0.2) is 47.4 Å². The topological polar surface area (TPSA) is 188 Å². The molecule has 0 aliphatic carbocycles. The van der Waals surface area contributed by atoms with Gasteiger partial charge in [-0.05, 0) is 12.1 Å². The van der Waals surface area contributed by atoms with Crippen molar-refractivity contribution in [2.45, 2.75) is 4.90 Å². The van der Waals surface area contributed by atoms with Crippen molar-refractivity contribution in [3.05, 3.63) is 72.8 Å². The van der Waals surface area contributed by atoms with Gasteiger partial charge in [0.25, 0.3) is 21.4 Å². The molecule has 0 aliphatic heterocycles. The minimum absolute atomic E-state index is 0.386. The van der Waals surface area contributed by atoms with Gasteiger partial charge in [0.2, 0.25) is 0 Å². The highest BCUT2D eigenvalue weighted by Gasteiger charge is 2.26. The zero-order chi connectivity index (χ0) is 19.5. The molecule has 0 spiro atoms. The number of hydrazine groups is 1. The molecule has 0 heterocycles. The number of non-ortho nitro benzene ring substituents is 1. The van der Waals surface area contributed by atoms with Crippen LogP contribution in [0.5, 0.6) is 0 Å². The second-order valence-electron chi connectivity index (χ2n) is 4.67. The SMILES string of the molecule is O=[N+]([O-])c1ccc(NNS(=O)(=O)c2ccccc2[N+](=O)[O-])c([N+](=O)[O-])c1. The zero-order valence-corrected chi connectivity index (χ0v) is 13.4. The van der Waals surface area contributed by atoms with Crippen molar-refractivity contribution in [1.29, 1.82) is 0 Å². The molecular weight excluding hydrogens is 374 g/mol. The molecule has 0 amide bonds. The number of benzene rings is 2. The maximum absolute atomic E-state index is 12.2. The van der Waals surface area contributed by atoms with E-state index in [2.05, 4.69) is 0 Å². The third-order valence-corrected chi connectivity index (χ3v) is 4.36. The second-order valence-corrected chi connectivity index (χ2v) is 6.32. The Morgan fingerprint density at radius 3 is 2.00 bits per heavy atom. The molecule has 0 atom stereocenters. The predicted octanol–water partition coefficient (Wildman–Crippen LogP) is 1.72. The normalized spacial score (nSPS) is 10.9. The number of rotatable bonds is 7. The van der Waals surface area contributed by atoms with Gasteiger partial charge in [0.05, 0.1) is 20.8 Å². The number of hydrogen-bond acceptors (Lipinski definition) is 9. The number of nitrogens with one attached hydrogen (secondary N) is 2. The molecule has 0 fully saturated rings. The molecule has 14 heteroatoms. The van der Waals surface area contributed by atoms with Crippen LogP contribution >= 0.6 is 0 Å². The summed E-state index contributed by atoms with van der Waals surface area (Å²) in [6.45, 7) is 0. The molecule has 0 radical (unpaired) electrons. The van der Waals surface area contributed by atoms with E-state index < -0.39 is 46.8 Å². The van der Waals surface area contributed by atoms with Crippen molar-refractivity contribution < 1.29 is 23.2 Å². The van der Waals surface area contributed by atoms with Crippen LogP contribution in [0.1, 0.15) is 0 Å². The van der Waals surface area contributed by atoms with Crippen LogP contribution in [0.4, 0.5) is 22.7 Å². The van der Waals surface area contributed by atoms with Gasteiger partial charge in [0, 0.05) is 12.1 Å². The zero-order valence-electron chi connectivity index (χ0n) is 12.6. The number of hydrogen-bond donors (Lipinski definition) is 2. The first kappa shape index (κ1) is 18.7. The Morgan fingerprint density at radius 1 is 0.808 bits per heavy atom. The molecule has 2 aromatic rings. The summed E-state index contributed by atoms with van der Waals surface area (Å²) in [5, 5.41) is 32.6. The lowest BCUT2D eigenvalue weighted by Gasteiger charge is -2.10. The molecule has 13 nitrogen and oxygen atoms in total. The van der Waals surface area contributed by atoms with E-state index in [-0.39, 0.29) is 5.69 Å². The first-order valence-electron chi connectivity index (χ1n) is 6.57. The van der Waals surface area contributed by atoms with Crippen molar-refractivity contribution in [1.82, 2.24) is 4.83 Å². The van der Waals surface area contributed by atoms with Crippen molar-refractivity contribution in [2.75, 3.05) is 5.43 Å². The van der Waals surface area contributed by atoms with Gasteiger partial charge in [-0.1, -0.05) is 12.1 Å². The summed E-state index contributed by atoms with van der Waals surface area (Å²) in [6, 6.07) is 6.98. The van der Waals surface area contributed by atoms with E-state index in [1.807, 2.05) is 5.43 Å². The number of para-hydroxylation sites is 1. The Morgan fingerprint density at radius 2 is 1.42 bits per heavy atom. The molecule has 26 heavy (non-hydrogen) atoms. The summed E-state index contributed by atoms with van der Waals surface area (Å²) in [4.78, 5) is 31.0. The van der Waals surface area contributed by atoms with Crippen molar-refractivity contribution in [3.8, 4) is 0 Å². The fourth-order valence-electron chi connectivity index (χ4n) is 1.90. The molecule has 2 N–H and O–H groups in total. The van der Waals surface area contributed by atoms with E-state index in [1.54, 1.807) is 4.83 Å². The molecular formula is C12H9N5O8S. The number of sulfonamides is 1. The lowest BCUT2D eigenvalue weighted by molar-refractivity contribution is -0.393. The first-order valence-corrected chi connectivity index (χ1v) is 8.06. The molecule has 0 saturated carbocycles. The Hall–Kier alpha value is -3.65. The molecule has 2 aromatic carbocycles. The maximum atomic E-state index is 12.2. The number of nitro benzene ring substituents is 3. The van der Waals surface area contributed by atoms with Crippen LogP contribution in [0.3, 0.4) is 0 Å². The quantitative estimate of drug-likeness (QED) is 0.529. The van der Waals surface area contributed by atoms with E-state index in [1.165, 1.54) is 12.1 Å². The van der Waals surface area contributed by atoms with Crippen molar-refractivity contribution in [2.24, 2.45) is 0 Å². The third kappa shape index (κ3) is 3.87. The number of anilines is 1. The minimum Gasteiger partial charge on any atom is -0.302 e. The van der Waals surface area contributed by atoms with E-state index >= 15 is 0 Å². The largest absolute Gasteiger partial charge is 0.302 e. The summed E-state index contributed by atoms with van der Waals surface area (Å²) in [6.07, 6.45) is 0. The summed E-state index contributed by atoms with van der Waals surface area (Å²) in [5.41, 5.74) is -0.366. The van der Waals surface area contributed by atoms with Crippen molar-refractivity contribution >= 4 is 32.8 Å². The first-order chi connectivity index (χ1) is 12.1. The van der Waals surface area contributed by atoms with Gasteiger partial charge in [0.1, 0.15) is 5.69 Å². The number of nitrogens with zero attached hydrogens (tertiary/aromatic N) is 3. The highest BCUT2D eigenvalue weighted by Crippen LogP contribution is 2.29. The molecule has 0 aliphatic rings. The fraction of sp³-hybridized carbons (Fsp3) is 0. The standard InChI is InChI=1S/C12H9N5O8S/c18-15(19)8-5-6-9(11(7-8)17(22)23)13-14-26(24,25)12-4-2-1-3-10(12)16(20)21/h1-7,13-14H. The second kappa shape index (κ2) is 7.08. The molecule has 0 aromatic heterocycles. The molecule has 0 unspecified atom stereocenters. The Bertz CT molecular complexity index is 1010. The van der Waals surface area contributed by atoms with E-state index in [4.69, 9.17) is 0 Å². The van der Waals surface area contributed by atoms with Gasteiger partial charge < -0.3 is 5.43 Å². The van der Waals surface area contributed by atoms with E-state index in [9.17, 15) is 38.8 Å². The highest BCUT2D eigenvalue weighted by molar-refractivity contribution is 7.89. The average Bonchev–Trinajstić information content (AvgIpc) is 2.59. The van der Waals surface area contributed by atoms with Crippen LogP contribution < -0.4 is 10.3 Å². The fourth-order valence-corrected chi connectivity index (χ4v) is 2.93. The smallest absolute Gasteiger partial charge is 0.300 e. The molecule has 136 valence electrons. The molecule has 0 bridgehead atoms. The van der Waals surface area contributed by atoms with Crippen LogP contribution in [-0.2, 0) is 10.0 Å². The Labute approximate surface area is 144 Å². The predicted molar refractivity (Wildman–Crippen MR) is 86.8 cm³/mol. The lowest BCUT2D eigenvalue weighted by Crippen LogP contribution is -2.30. The Kier molecular flexibility index (Phi) is 5.08. The Balaban J connectivity index is 2.35. The average molecular weight is 383 g/mol. The number of nitro groups is 3. The van der Waals surface area contributed by atoms with Crippen LogP contribution in [0.25, 0.3) is 0 Å². The third-order valence-electron chi connectivity index (χ3n) is 3.06. The monoisotopic (exact) mass is 383 g/mol. The van der Waals surface area contributed by atoms with E-state index in [0.29, 0.717) is 6.07 Å². The summed E-state index contributed by atoms with van der Waals surface area (Å²) in [5.74, 6) is 0. The van der Waals surface area contributed by atoms with Gasteiger partial charge in [-0.25, -0.2) is 8.42 Å². The molecule has 0 saturated heterocycles. The maximum Gasteiger partial charge on any atom is 0.300 e. The molecule has 2 rings (SSSR count). The van der Waals surface area contributed by atoms with Gasteiger partial charge in [-0.2, -0.15) is 0 Å². The van der Waals surface area contributed by atoms with Gasteiger partial charge >= 0.3 is 5.69 Å². The van der Waals surface area contributed by atoms with Gasteiger partial charge in [-0.3, -0.25) is 30.3 Å². The minimum atomic E-state index is -4.46. The summed E-state index contributed by atoms with van der Waals surface area (Å²) >= 11 is 0. The van der Waals surface area contributed by atoms with Crippen LogP contribution in [-0.4, -0.2) is 23.2 Å². The van der Waals surface area contributed by atoms with Crippen LogP contribution in [0, 0.1) is 30.3 Å². The summed E-state index contributed by atoms with van der Waals surface area (Å²) < 4.78 is 24.5. The van der Waals surface area contributed by atoms with Crippen molar-refractivity contribution in [3.63, 3.8) is 0 Å². The van der Waals surface area contributed by atoms with E-state index in [0.717, 1.165) is 24.3 Å². The van der Waals surface area contributed by atoms with Gasteiger partial charge in [0.15, 0.2) is 4.90 Å².